The minimum atomic E-state index is -0.766. The molecule has 2 aliphatic heterocycles. The number of carbonyl (C=O) groups is 2. The van der Waals surface area contributed by atoms with Gasteiger partial charge in [0, 0.05) is 65.8 Å². The molecule has 46 heavy (non-hydrogen) atoms. The van der Waals surface area contributed by atoms with Crippen LogP contribution in [0.1, 0.15) is 74.6 Å². The predicted octanol–water partition coefficient (Wildman–Crippen LogP) is 4.29. The number of aromatic nitrogens is 2. The Hall–Kier alpha value is -3.83. The number of amides is 3. The van der Waals surface area contributed by atoms with E-state index in [9.17, 15) is 14.9 Å². The molecular formula is C33H48N8O5. The monoisotopic (exact) mass is 636 g/mol. The van der Waals surface area contributed by atoms with Crippen molar-refractivity contribution in [1.29, 1.82) is 5.26 Å². The number of rotatable bonds is 9. The molecule has 2 aromatic rings. The van der Waals surface area contributed by atoms with Crippen molar-refractivity contribution < 1.29 is 23.8 Å². The van der Waals surface area contributed by atoms with Gasteiger partial charge in [-0.25, -0.2) is 14.8 Å². The molecule has 4 heterocycles. The summed E-state index contributed by atoms with van der Waals surface area (Å²) in [6, 6.07) is 5.77. The third-order valence-corrected chi connectivity index (χ3v) is 8.67. The van der Waals surface area contributed by atoms with Crippen molar-refractivity contribution in [2.24, 2.45) is 0 Å². The molecule has 2 fully saturated rings. The van der Waals surface area contributed by atoms with Crippen molar-refractivity contribution in [2.45, 2.75) is 77.4 Å². The number of pyridine rings is 2. The zero-order valence-corrected chi connectivity index (χ0v) is 28.0. The zero-order chi connectivity index (χ0) is 33.2. The lowest BCUT2D eigenvalue weighted by atomic mass is 9.92. The molecule has 3 aliphatic rings. The van der Waals surface area contributed by atoms with Crippen molar-refractivity contribution in [3.63, 3.8) is 0 Å². The fourth-order valence-electron chi connectivity index (χ4n) is 6.18. The molecule has 2 aromatic heterocycles. The zero-order valence-electron chi connectivity index (χ0n) is 28.0. The highest BCUT2D eigenvalue weighted by atomic mass is 16.7. The summed E-state index contributed by atoms with van der Waals surface area (Å²) in [6.07, 6.45) is 6.25. The Morgan fingerprint density at radius 2 is 1.85 bits per heavy atom. The number of hydrogen-bond acceptors (Lipinski definition) is 10. The van der Waals surface area contributed by atoms with E-state index < -0.39 is 6.29 Å². The van der Waals surface area contributed by atoms with Gasteiger partial charge in [-0.2, -0.15) is 5.26 Å². The summed E-state index contributed by atoms with van der Waals surface area (Å²) in [5, 5.41) is 16.1. The van der Waals surface area contributed by atoms with Crippen LogP contribution in [-0.4, -0.2) is 98.4 Å². The van der Waals surface area contributed by atoms with E-state index in [1.807, 2.05) is 36.8 Å². The number of nitriles is 1. The molecular weight excluding hydrogens is 588 g/mol. The summed E-state index contributed by atoms with van der Waals surface area (Å²) in [5.41, 5.74) is 3.35. The first-order valence-electron chi connectivity index (χ1n) is 16.2. The van der Waals surface area contributed by atoms with Crippen molar-refractivity contribution in [1.82, 2.24) is 19.8 Å². The van der Waals surface area contributed by atoms with Crippen LogP contribution in [0, 0.1) is 11.3 Å². The second kappa shape index (κ2) is 16.6. The maximum absolute atomic E-state index is 13.7. The number of hydrogen-bond donors (Lipinski definition) is 2. The van der Waals surface area contributed by atoms with Gasteiger partial charge in [0.05, 0.1) is 23.9 Å². The molecule has 250 valence electrons. The van der Waals surface area contributed by atoms with Gasteiger partial charge in [-0.1, -0.05) is 13.8 Å². The molecule has 0 bridgehead atoms. The molecule has 0 unspecified atom stereocenters. The molecule has 3 amide bonds. The molecule has 1 saturated carbocycles. The van der Waals surface area contributed by atoms with Gasteiger partial charge in [-0.05, 0) is 62.8 Å². The smallest absolute Gasteiger partial charge is 0.328 e. The standard InChI is InChI=1S/C31H42N8O5.C2H6/c1-37-12-13-38(27(40)19-37)18-21-14-20-6-5-11-39(29(20)36-28(21)30(43-3)44-4)31(41)35-26-15-25(22(16-32)17-33-26)34-23-7-9-24(42-2)10-8-23;1-2/h14-15,17,23-24,30H,5-13,18-19H2,1-4H3,(H2,33,34,35,41);1-2H3. The number of likely N-dealkylation sites (N-methyl/N-ethyl adjacent to an activating group) is 1. The van der Waals surface area contributed by atoms with Crippen molar-refractivity contribution >= 4 is 29.3 Å². The van der Waals surface area contributed by atoms with Gasteiger partial charge in [0.25, 0.3) is 0 Å². The molecule has 1 saturated heterocycles. The van der Waals surface area contributed by atoms with E-state index in [-0.39, 0.29) is 24.1 Å². The normalized spacial score (nSPS) is 20.0. The van der Waals surface area contributed by atoms with Crippen LogP contribution in [0.4, 0.5) is 22.1 Å². The van der Waals surface area contributed by atoms with Crippen LogP contribution in [0.3, 0.4) is 0 Å². The number of piperazine rings is 1. The number of fused-ring (bicyclic) bond motifs is 1. The summed E-state index contributed by atoms with van der Waals surface area (Å²) < 4.78 is 16.7. The lowest BCUT2D eigenvalue weighted by molar-refractivity contribution is -0.136. The Balaban J connectivity index is 0.00000235. The van der Waals surface area contributed by atoms with E-state index in [1.165, 1.54) is 20.4 Å². The Morgan fingerprint density at radius 1 is 1.11 bits per heavy atom. The van der Waals surface area contributed by atoms with Crippen LogP contribution < -0.4 is 15.5 Å². The SMILES string of the molecule is CC.COC1CCC(Nc2cc(NC(=O)N3CCCc4cc(CN5CCN(C)CC5=O)c(C(OC)OC)nc43)ncc2C#N)CC1. The summed E-state index contributed by atoms with van der Waals surface area (Å²) in [6.45, 7) is 6.64. The fraction of sp³-hybridized carbons (Fsp3) is 0.606. The number of urea groups is 1. The van der Waals surface area contributed by atoms with Crippen LogP contribution in [0.15, 0.2) is 18.3 Å². The van der Waals surface area contributed by atoms with Crippen LogP contribution in [0.25, 0.3) is 0 Å². The van der Waals surface area contributed by atoms with Gasteiger partial charge in [0.1, 0.15) is 23.4 Å². The van der Waals surface area contributed by atoms with E-state index in [2.05, 4.69) is 21.7 Å². The number of anilines is 3. The van der Waals surface area contributed by atoms with Crippen molar-refractivity contribution in [3.05, 3.63) is 40.7 Å². The number of methoxy groups -OCH3 is 3. The van der Waals surface area contributed by atoms with E-state index in [0.29, 0.717) is 54.8 Å². The van der Waals surface area contributed by atoms with Crippen molar-refractivity contribution in [3.8, 4) is 6.07 Å². The minimum absolute atomic E-state index is 0.0567. The first kappa shape index (κ1) is 35.0. The van der Waals surface area contributed by atoms with Crippen LogP contribution >= 0.6 is 0 Å². The van der Waals surface area contributed by atoms with Crippen molar-refractivity contribution in [2.75, 3.05) is 70.1 Å². The third-order valence-electron chi connectivity index (χ3n) is 8.67. The second-order valence-electron chi connectivity index (χ2n) is 11.6. The number of nitrogens with one attached hydrogen (secondary N) is 2. The molecule has 0 spiro atoms. The highest BCUT2D eigenvalue weighted by Crippen LogP contribution is 2.33. The topological polar surface area (TPSA) is 145 Å². The lowest BCUT2D eigenvalue weighted by Gasteiger charge is -2.34. The van der Waals surface area contributed by atoms with Gasteiger partial charge in [0.15, 0.2) is 0 Å². The molecule has 13 nitrogen and oxygen atoms in total. The first-order chi connectivity index (χ1) is 22.3. The molecule has 13 heteroatoms. The average molecular weight is 637 g/mol. The minimum Gasteiger partial charge on any atom is -0.381 e. The molecule has 5 rings (SSSR count). The van der Waals surface area contributed by atoms with E-state index in [1.54, 1.807) is 18.1 Å². The predicted molar refractivity (Wildman–Crippen MR) is 176 cm³/mol. The van der Waals surface area contributed by atoms with Gasteiger partial charge < -0.3 is 24.4 Å². The molecule has 1 aliphatic carbocycles. The Kier molecular flexibility index (Phi) is 12.7. The quantitative estimate of drug-likeness (QED) is 0.382. The van der Waals surface area contributed by atoms with Crippen LogP contribution in [0.5, 0.6) is 0 Å². The van der Waals surface area contributed by atoms with Crippen LogP contribution in [0.2, 0.25) is 0 Å². The highest BCUT2D eigenvalue weighted by molar-refractivity contribution is 6.01. The number of aryl methyl sites for hydroxylation is 1. The first-order valence-corrected chi connectivity index (χ1v) is 16.2. The van der Waals surface area contributed by atoms with Gasteiger partial charge in [-0.3, -0.25) is 19.9 Å². The van der Waals surface area contributed by atoms with Gasteiger partial charge >= 0.3 is 6.03 Å². The average Bonchev–Trinajstić information content (AvgIpc) is 3.07. The summed E-state index contributed by atoms with van der Waals surface area (Å²) in [7, 11) is 6.75. The Morgan fingerprint density at radius 3 is 2.50 bits per heavy atom. The maximum Gasteiger partial charge on any atom is 0.328 e. The van der Waals surface area contributed by atoms with E-state index in [4.69, 9.17) is 19.2 Å². The fourth-order valence-corrected chi connectivity index (χ4v) is 6.18. The van der Waals surface area contributed by atoms with E-state index in [0.717, 1.165) is 56.2 Å². The van der Waals surface area contributed by atoms with Gasteiger partial charge in [0.2, 0.25) is 12.2 Å². The molecule has 2 N–H and O–H groups in total. The van der Waals surface area contributed by atoms with Gasteiger partial charge in [-0.15, -0.1) is 0 Å². The summed E-state index contributed by atoms with van der Waals surface area (Å²) in [4.78, 5) is 41.1. The lowest BCUT2D eigenvalue weighted by Crippen LogP contribution is -2.48. The molecule has 0 radical (unpaired) electrons. The van der Waals surface area contributed by atoms with Crippen LogP contribution in [-0.2, 0) is 32.0 Å². The number of carbonyl (C=O) groups excluding carboxylic acids is 2. The number of nitrogens with zero attached hydrogens (tertiary/aromatic N) is 6. The maximum atomic E-state index is 13.7. The van der Waals surface area contributed by atoms with E-state index >= 15 is 0 Å². The summed E-state index contributed by atoms with van der Waals surface area (Å²) in [5.74, 6) is 0.922. The Bertz CT molecular complexity index is 1390. The number of ether oxygens (including phenoxy) is 3. The molecule has 0 aromatic carbocycles. The largest absolute Gasteiger partial charge is 0.381 e. The highest BCUT2D eigenvalue weighted by Gasteiger charge is 2.31. The third kappa shape index (κ3) is 8.30. The second-order valence-corrected chi connectivity index (χ2v) is 11.6. The summed E-state index contributed by atoms with van der Waals surface area (Å²) >= 11 is 0. The molecule has 0 atom stereocenters. The Labute approximate surface area is 272 Å².